The van der Waals surface area contributed by atoms with E-state index in [9.17, 15) is 0 Å². The van der Waals surface area contributed by atoms with Crippen molar-refractivity contribution in [1.82, 2.24) is 27.3 Å². The van der Waals surface area contributed by atoms with E-state index in [0.29, 0.717) is 0 Å². The van der Waals surface area contributed by atoms with Crippen LogP contribution >= 0.6 is 23.5 Å². The van der Waals surface area contributed by atoms with E-state index in [1.54, 1.807) is 0 Å². The van der Waals surface area contributed by atoms with Gasteiger partial charge in [-0.25, -0.2) is 0 Å². The first-order valence-electron chi connectivity index (χ1n) is 14.6. The lowest BCUT2D eigenvalue weighted by molar-refractivity contribution is 0.372. The standard InChI is InChI=1S/C16H27N3S.C14H21N3S/c1-3-4-5-6-7-8-11-15-16(18-20-17-15)14-10-9-12-19(2)13-14;1-3-4-5-6-9-13-14(16-18-15-13)12-8-7-10-17(2)11-12/h10H,3-9,11-13H2,1-2H3;3,8H,1,4-7,9-11H2,2H3. The van der Waals surface area contributed by atoms with E-state index < -0.39 is 0 Å². The number of nitrogens with zero attached hydrogens (tertiary/aromatic N) is 6. The minimum absolute atomic E-state index is 1.01. The van der Waals surface area contributed by atoms with Gasteiger partial charge in [-0.05, 0) is 76.6 Å². The predicted octanol–water partition coefficient (Wildman–Crippen LogP) is 7.32. The van der Waals surface area contributed by atoms with Crippen LogP contribution in [0.3, 0.4) is 0 Å². The van der Waals surface area contributed by atoms with Gasteiger partial charge in [0.25, 0.3) is 0 Å². The molecule has 2 aliphatic heterocycles. The van der Waals surface area contributed by atoms with Crippen molar-refractivity contribution in [3.8, 4) is 0 Å². The molecule has 0 unspecified atom stereocenters. The maximum Gasteiger partial charge on any atom is 0.104 e. The Balaban J connectivity index is 0.000000212. The predicted molar refractivity (Wildman–Crippen MR) is 165 cm³/mol. The Morgan fingerprint density at radius 1 is 0.737 bits per heavy atom. The molecule has 0 atom stereocenters. The summed E-state index contributed by atoms with van der Waals surface area (Å²) in [5.41, 5.74) is 7.47. The highest BCUT2D eigenvalue weighted by Crippen LogP contribution is 2.24. The monoisotopic (exact) mass is 556 g/mol. The minimum atomic E-state index is 1.01. The molecule has 4 heterocycles. The normalized spacial score (nSPS) is 16.5. The quantitative estimate of drug-likeness (QED) is 0.180. The molecule has 0 spiro atoms. The second-order valence-corrected chi connectivity index (χ2v) is 11.7. The van der Waals surface area contributed by atoms with Crippen molar-refractivity contribution in [2.75, 3.05) is 40.3 Å². The molecule has 0 saturated heterocycles. The lowest BCUT2D eigenvalue weighted by atomic mass is 10.0. The lowest BCUT2D eigenvalue weighted by Crippen LogP contribution is -2.25. The molecule has 0 aromatic carbocycles. The zero-order valence-electron chi connectivity index (χ0n) is 24.0. The van der Waals surface area contributed by atoms with Crippen LogP contribution in [-0.2, 0) is 12.8 Å². The zero-order valence-corrected chi connectivity index (χ0v) is 25.6. The summed E-state index contributed by atoms with van der Waals surface area (Å²) in [6.45, 7) is 10.4. The molecule has 2 aliphatic rings. The minimum Gasteiger partial charge on any atom is -0.302 e. The molecule has 0 N–H and O–H groups in total. The summed E-state index contributed by atoms with van der Waals surface area (Å²) >= 11 is 2.72. The van der Waals surface area contributed by atoms with Crippen LogP contribution in [0.15, 0.2) is 24.8 Å². The van der Waals surface area contributed by atoms with Gasteiger partial charge in [0.2, 0.25) is 0 Å². The van der Waals surface area contributed by atoms with Crippen molar-refractivity contribution in [3.05, 3.63) is 47.6 Å². The number of hydrogen-bond acceptors (Lipinski definition) is 8. The third kappa shape index (κ3) is 10.4. The summed E-state index contributed by atoms with van der Waals surface area (Å²) in [6.07, 6.45) is 22.6. The van der Waals surface area contributed by atoms with Crippen molar-refractivity contribution < 1.29 is 0 Å². The van der Waals surface area contributed by atoms with Crippen LogP contribution in [0.5, 0.6) is 0 Å². The first-order chi connectivity index (χ1) is 18.6. The Kier molecular flexibility index (Phi) is 14.4. The number of rotatable bonds is 14. The van der Waals surface area contributed by atoms with Gasteiger partial charge in [0.15, 0.2) is 0 Å². The molecule has 0 fully saturated rings. The Bertz CT molecular complexity index is 1010. The highest BCUT2D eigenvalue weighted by molar-refractivity contribution is 6.99. The van der Waals surface area contributed by atoms with Crippen LogP contribution in [0.25, 0.3) is 11.1 Å². The molecule has 4 rings (SSSR count). The van der Waals surface area contributed by atoms with Crippen molar-refractivity contribution in [2.24, 2.45) is 0 Å². The maximum absolute atomic E-state index is 4.54. The summed E-state index contributed by atoms with van der Waals surface area (Å²) in [7, 11) is 4.34. The van der Waals surface area contributed by atoms with E-state index in [4.69, 9.17) is 0 Å². The molecule has 210 valence electrons. The van der Waals surface area contributed by atoms with Crippen LogP contribution in [-0.4, -0.2) is 67.6 Å². The third-order valence-electron chi connectivity index (χ3n) is 7.24. The van der Waals surface area contributed by atoms with E-state index in [1.165, 1.54) is 103 Å². The fraction of sp³-hybridized carbons (Fsp3) is 0.667. The summed E-state index contributed by atoms with van der Waals surface area (Å²) < 4.78 is 18.0. The van der Waals surface area contributed by atoms with Gasteiger partial charge in [0.05, 0.1) is 34.8 Å². The topological polar surface area (TPSA) is 58.0 Å². The van der Waals surface area contributed by atoms with Crippen molar-refractivity contribution >= 4 is 34.6 Å². The first-order valence-corrected chi connectivity index (χ1v) is 16.1. The van der Waals surface area contributed by atoms with Gasteiger partial charge >= 0.3 is 0 Å². The van der Waals surface area contributed by atoms with Crippen LogP contribution < -0.4 is 0 Å². The Hall–Kier alpha value is -1.74. The largest absolute Gasteiger partial charge is 0.302 e. The van der Waals surface area contributed by atoms with Crippen LogP contribution in [0.2, 0.25) is 0 Å². The van der Waals surface area contributed by atoms with E-state index in [-0.39, 0.29) is 0 Å². The second-order valence-electron chi connectivity index (χ2n) is 10.7. The zero-order chi connectivity index (χ0) is 27.0. The van der Waals surface area contributed by atoms with Gasteiger partial charge in [0.1, 0.15) is 11.4 Å². The molecule has 0 amide bonds. The first kappa shape index (κ1) is 30.8. The molecule has 38 heavy (non-hydrogen) atoms. The molecule has 8 heteroatoms. The number of allylic oxidation sites excluding steroid dienone is 1. The Morgan fingerprint density at radius 3 is 1.74 bits per heavy atom. The van der Waals surface area contributed by atoms with Gasteiger partial charge in [0, 0.05) is 26.2 Å². The third-order valence-corrected chi connectivity index (χ3v) is 8.38. The highest BCUT2D eigenvalue weighted by Gasteiger charge is 2.18. The summed E-state index contributed by atoms with van der Waals surface area (Å²) in [5, 5.41) is 0. The average Bonchev–Trinajstić information content (AvgIpc) is 3.59. The number of unbranched alkanes of at least 4 members (excludes halogenated alkanes) is 7. The van der Waals surface area contributed by atoms with Crippen molar-refractivity contribution in [2.45, 2.75) is 90.4 Å². The maximum atomic E-state index is 4.54. The second kappa shape index (κ2) is 17.8. The molecule has 0 saturated carbocycles. The van der Waals surface area contributed by atoms with Gasteiger partial charge in [-0.15, -0.1) is 6.58 Å². The van der Waals surface area contributed by atoms with Crippen molar-refractivity contribution in [3.63, 3.8) is 0 Å². The van der Waals surface area contributed by atoms with E-state index in [2.05, 4.69) is 67.0 Å². The fourth-order valence-electron chi connectivity index (χ4n) is 5.01. The Labute approximate surface area is 239 Å². The number of likely N-dealkylation sites (N-methyl/N-ethyl adjacent to an activating group) is 2. The van der Waals surface area contributed by atoms with Crippen molar-refractivity contribution in [1.29, 1.82) is 0 Å². The summed E-state index contributed by atoms with van der Waals surface area (Å²) in [6, 6.07) is 0. The molecule has 6 nitrogen and oxygen atoms in total. The molecule has 0 aliphatic carbocycles. The van der Waals surface area contributed by atoms with E-state index >= 15 is 0 Å². The van der Waals surface area contributed by atoms with E-state index in [1.807, 2.05) is 6.08 Å². The van der Waals surface area contributed by atoms with Gasteiger partial charge in [-0.3, -0.25) is 0 Å². The van der Waals surface area contributed by atoms with Crippen LogP contribution in [0.1, 0.15) is 100 Å². The van der Waals surface area contributed by atoms with E-state index in [0.717, 1.165) is 64.0 Å². The number of hydrogen-bond donors (Lipinski definition) is 0. The van der Waals surface area contributed by atoms with Gasteiger partial charge in [-0.2, -0.15) is 17.5 Å². The summed E-state index contributed by atoms with van der Waals surface area (Å²) in [4.78, 5) is 4.71. The molecule has 2 aromatic heterocycles. The Morgan fingerprint density at radius 2 is 1.24 bits per heavy atom. The number of aryl methyl sites for hydroxylation is 2. The average molecular weight is 557 g/mol. The fourth-order valence-corrected chi connectivity index (χ4v) is 6.26. The lowest BCUT2D eigenvalue weighted by Gasteiger charge is -2.22. The summed E-state index contributed by atoms with van der Waals surface area (Å²) in [5.74, 6) is 0. The SMILES string of the molecule is C=CCCCCc1nsnc1C1=CCCN(C)C1.CCCCCCCCc1nsnc1C1=CCCN(C)C1. The molecular weight excluding hydrogens is 509 g/mol. The highest BCUT2D eigenvalue weighted by atomic mass is 32.1. The smallest absolute Gasteiger partial charge is 0.104 e. The van der Waals surface area contributed by atoms with Crippen LogP contribution in [0, 0.1) is 0 Å². The molecular formula is C30H48N6S2. The van der Waals surface area contributed by atoms with Gasteiger partial charge < -0.3 is 9.80 Å². The van der Waals surface area contributed by atoms with Gasteiger partial charge in [-0.1, -0.05) is 57.3 Å². The molecule has 0 radical (unpaired) electrons. The molecule has 0 bridgehead atoms. The van der Waals surface area contributed by atoms with Crippen LogP contribution in [0.4, 0.5) is 0 Å². The number of aromatic nitrogens is 4. The molecule has 2 aromatic rings.